The summed E-state index contributed by atoms with van der Waals surface area (Å²) in [4.78, 5) is 25.6. The fourth-order valence-corrected chi connectivity index (χ4v) is 2.38. The van der Waals surface area contributed by atoms with Gasteiger partial charge in [0.25, 0.3) is 0 Å². The molecule has 0 aromatic carbocycles. The molecule has 1 aliphatic rings. The molecule has 0 unspecified atom stereocenters. The molecule has 0 spiro atoms. The average Bonchev–Trinajstić information content (AvgIpc) is 2.96. The lowest BCUT2D eigenvalue weighted by Gasteiger charge is -2.20. The normalized spacial score (nSPS) is 18.9. The van der Waals surface area contributed by atoms with Crippen molar-refractivity contribution in [2.45, 2.75) is 32.7 Å². The number of hydrogen-bond acceptors (Lipinski definition) is 4. The molecule has 1 aromatic heterocycles. The highest BCUT2D eigenvalue weighted by atomic mass is 16.2. The Balaban J connectivity index is 1.79. The van der Waals surface area contributed by atoms with Crippen LogP contribution in [0.5, 0.6) is 0 Å². The van der Waals surface area contributed by atoms with Gasteiger partial charge in [-0.3, -0.25) is 9.59 Å². The van der Waals surface area contributed by atoms with E-state index in [0.717, 1.165) is 5.82 Å². The van der Waals surface area contributed by atoms with Gasteiger partial charge in [0.05, 0.1) is 5.92 Å². The van der Waals surface area contributed by atoms with E-state index in [-0.39, 0.29) is 23.8 Å². The topological polar surface area (TPSA) is 80.1 Å². The SMILES string of the molecule is CC(C)N1C[C@@H](C(=O)NCCc2nncn2C)CC1=O. The summed E-state index contributed by atoms with van der Waals surface area (Å²) >= 11 is 0. The fraction of sp³-hybridized carbons (Fsp3) is 0.692. The Morgan fingerprint density at radius 2 is 2.30 bits per heavy atom. The van der Waals surface area contributed by atoms with Gasteiger partial charge in [-0.2, -0.15) is 0 Å². The zero-order chi connectivity index (χ0) is 14.7. The number of carbonyl (C=O) groups is 2. The van der Waals surface area contributed by atoms with Gasteiger partial charge in [-0.1, -0.05) is 0 Å². The van der Waals surface area contributed by atoms with Gasteiger partial charge in [0, 0.05) is 39.0 Å². The fourth-order valence-electron chi connectivity index (χ4n) is 2.38. The number of likely N-dealkylation sites (tertiary alicyclic amines) is 1. The van der Waals surface area contributed by atoms with Crippen LogP contribution in [0.15, 0.2) is 6.33 Å². The van der Waals surface area contributed by atoms with Gasteiger partial charge < -0.3 is 14.8 Å². The maximum absolute atomic E-state index is 12.0. The van der Waals surface area contributed by atoms with Crippen molar-refractivity contribution in [2.75, 3.05) is 13.1 Å². The summed E-state index contributed by atoms with van der Waals surface area (Å²) in [7, 11) is 1.87. The summed E-state index contributed by atoms with van der Waals surface area (Å²) in [6, 6.07) is 0.152. The number of hydrogen-bond donors (Lipinski definition) is 1. The molecule has 7 heteroatoms. The molecule has 1 atom stereocenters. The van der Waals surface area contributed by atoms with Crippen LogP contribution < -0.4 is 5.32 Å². The Morgan fingerprint density at radius 3 is 2.85 bits per heavy atom. The van der Waals surface area contributed by atoms with Gasteiger partial charge in [0.15, 0.2) is 0 Å². The van der Waals surface area contributed by atoms with Crippen LogP contribution in [0.25, 0.3) is 0 Å². The maximum Gasteiger partial charge on any atom is 0.225 e. The first-order valence-corrected chi connectivity index (χ1v) is 6.89. The number of aryl methyl sites for hydroxylation is 1. The molecular weight excluding hydrogens is 258 g/mol. The second kappa shape index (κ2) is 6.02. The third-order valence-corrected chi connectivity index (χ3v) is 3.61. The molecule has 1 aliphatic heterocycles. The van der Waals surface area contributed by atoms with Crippen molar-refractivity contribution in [1.29, 1.82) is 0 Å². The third kappa shape index (κ3) is 3.15. The number of nitrogens with zero attached hydrogens (tertiary/aromatic N) is 4. The molecule has 110 valence electrons. The van der Waals surface area contributed by atoms with Crippen LogP contribution in [0.3, 0.4) is 0 Å². The Morgan fingerprint density at radius 1 is 1.55 bits per heavy atom. The highest BCUT2D eigenvalue weighted by molar-refractivity contribution is 5.89. The quantitative estimate of drug-likeness (QED) is 0.804. The van der Waals surface area contributed by atoms with Crippen molar-refractivity contribution in [3.63, 3.8) is 0 Å². The Labute approximate surface area is 118 Å². The number of carbonyl (C=O) groups excluding carboxylic acids is 2. The van der Waals surface area contributed by atoms with Crippen LogP contribution in [0.4, 0.5) is 0 Å². The summed E-state index contributed by atoms with van der Waals surface area (Å²) in [5.41, 5.74) is 0. The minimum atomic E-state index is -0.232. The van der Waals surface area contributed by atoms with E-state index in [1.165, 1.54) is 0 Å². The van der Waals surface area contributed by atoms with E-state index in [4.69, 9.17) is 0 Å². The lowest BCUT2D eigenvalue weighted by Crippen LogP contribution is -2.36. The van der Waals surface area contributed by atoms with Gasteiger partial charge in [-0.05, 0) is 13.8 Å². The van der Waals surface area contributed by atoms with E-state index in [0.29, 0.717) is 25.9 Å². The van der Waals surface area contributed by atoms with Gasteiger partial charge in [-0.15, -0.1) is 10.2 Å². The second-order valence-corrected chi connectivity index (χ2v) is 5.44. The molecular formula is C13H21N5O2. The standard InChI is InChI=1S/C13H21N5O2/c1-9(2)18-7-10(6-12(18)19)13(20)14-5-4-11-16-15-8-17(11)3/h8-10H,4-7H2,1-3H3,(H,14,20)/t10-/m0/s1. The predicted molar refractivity (Wildman–Crippen MR) is 72.7 cm³/mol. The zero-order valence-electron chi connectivity index (χ0n) is 12.2. The van der Waals surface area contributed by atoms with E-state index in [1.807, 2.05) is 25.5 Å². The van der Waals surface area contributed by atoms with Crippen LogP contribution >= 0.6 is 0 Å². The van der Waals surface area contributed by atoms with Gasteiger partial charge in [0.1, 0.15) is 12.2 Å². The van der Waals surface area contributed by atoms with Crippen molar-refractivity contribution in [3.05, 3.63) is 12.2 Å². The minimum Gasteiger partial charge on any atom is -0.355 e. The second-order valence-electron chi connectivity index (χ2n) is 5.44. The average molecular weight is 279 g/mol. The van der Waals surface area contributed by atoms with Crippen LogP contribution in [0, 0.1) is 5.92 Å². The summed E-state index contributed by atoms with van der Waals surface area (Å²) < 4.78 is 1.83. The van der Waals surface area contributed by atoms with E-state index >= 15 is 0 Å². The smallest absolute Gasteiger partial charge is 0.225 e. The molecule has 2 heterocycles. The molecule has 2 amide bonds. The summed E-state index contributed by atoms with van der Waals surface area (Å²) in [6.07, 6.45) is 2.58. The molecule has 0 radical (unpaired) electrons. The molecule has 2 rings (SSSR count). The molecule has 7 nitrogen and oxygen atoms in total. The molecule has 0 bridgehead atoms. The first kappa shape index (κ1) is 14.5. The highest BCUT2D eigenvalue weighted by Crippen LogP contribution is 2.20. The van der Waals surface area contributed by atoms with Crippen molar-refractivity contribution in [1.82, 2.24) is 25.0 Å². The number of aromatic nitrogens is 3. The van der Waals surface area contributed by atoms with Crippen molar-refractivity contribution < 1.29 is 9.59 Å². The van der Waals surface area contributed by atoms with E-state index in [9.17, 15) is 9.59 Å². The lowest BCUT2D eigenvalue weighted by atomic mass is 10.1. The van der Waals surface area contributed by atoms with E-state index in [1.54, 1.807) is 11.2 Å². The Hall–Kier alpha value is -1.92. The summed E-state index contributed by atoms with van der Waals surface area (Å²) in [6.45, 7) is 4.96. The minimum absolute atomic E-state index is 0.0522. The number of amides is 2. The molecule has 20 heavy (non-hydrogen) atoms. The van der Waals surface area contributed by atoms with Crippen LogP contribution in [-0.4, -0.2) is 50.6 Å². The number of rotatable bonds is 5. The van der Waals surface area contributed by atoms with Gasteiger partial charge >= 0.3 is 0 Å². The molecule has 0 aliphatic carbocycles. The van der Waals surface area contributed by atoms with Crippen molar-refractivity contribution in [3.8, 4) is 0 Å². The highest BCUT2D eigenvalue weighted by Gasteiger charge is 2.35. The summed E-state index contributed by atoms with van der Waals surface area (Å²) in [5, 5.41) is 10.6. The van der Waals surface area contributed by atoms with Crippen LogP contribution in [-0.2, 0) is 23.1 Å². The monoisotopic (exact) mass is 279 g/mol. The Bertz CT molecular complexity index is 497. The largest absolute Gasteiger partial charge is 0.355 e. The van der Waals surface area contributed by atoms with E-state index < -0.39 is 0 Å². The molecule has 1 aromatic rings. The number of nitrogens with one attached hydrogen (secondary N) is 1. The van der Waals surface area contributed by atoms with Gasteiger partial charge in [0.2, 0.25) is 11.8 Å². The molecule has 1 saturated heterocycles. The Kier molecular flexibility index (Phi) is 4.36. The van der Waals surface area contributed by atoms with Crippen LogP contribution in [0.1, 0.15) is 26.1 Å². The zero-order valence-corrected chi connectivity index (χ0v) is 12.2. The van der Waals surface area contributed by atoms with Crippen molar-refractivity contribution in [2.24, 2.45) is 13.0 Å². The third-order valence-electron chi connectivity index (χ3n) is 3.61. The summed E-state index contributed by atoms with van der Waals surface area (Å²) in [5.74, 6) is 0.609. The molecule has 1 N–H and O–H groups in total. The lowest BCUT2D eigenvalue weighted by molar-refractivity contribution is -0.129. The molecule has 0 saturated carbocycles. The first-order valence-electron chi connectivity index (χ1n) is 6.89. The van der Waals surface area contributed by atoms with E-state index in [2.05, 4.69) is 15.5 Å². The van der Waals surface area contributed by atoms with Gasteiger partial charge in [-0.25, -0.2) is 0 Å². The predicted octanol–water partition coefficient (Wildman–Crippen LogP) is -0.269. The van der Waals surface area contributed by atoms with Crippen molar-refractivity contribution >= 4 is 11.8 Å². The molecule has 1 fully saturated rings. The first-order chi connectivity index (χ1) is 9.49. The maximum atomic E-state index is 12.0. The van der Waals surface area contributed by atoms with Crippen LogP contribution in [0.2, 0.25) is 0 Å².